The first-order valence-electron chi connectivity index (χ1n) is 20.3. The van der Waals surface area contributed by atoms with Crippen LogP contribution in [0.25, 0.3) is 111 Å². The fraction of sp³-hybridized carbons (Fsp3) is 0. The maximum Gasteiger partial charge on any atom is 0.164 e. The van der Waals surface area contributed by atoms with Gasteiger partial charge in [-0.1, -0.05) is 170 Å². The SMILES string of the molecule is c1ccc(-c2nc(-c3ccc4ccccc4c3)nc(-c3cc(-n4c5ccccc5c5cccc(-n6c7ccccc7c7ccccc76)c54)ccc3-c3ccccc3)n2)cc1. The Morgan fingerprint density at radius 2 is 0.833 bits per heavy atom. The van der Waals surface area contributed by atoms with Gasteiger partial charge in [0.15, 0.2) is 17.5 Å². The van der Waals surface area contributed by atoms with Crippen molar-refractivity contribution in [1.29, 1.82) is 0 Å². The number of fused-ring (bicyclic) bond motifs is 7. The first-order chi connectivity index (χ1) is 29.8. The molecule has 60 heavy (non-hydrogen) atoms. The molecule has 12 rings (SSSR count). The maximum atomic E-state index is 5.33. The Morgan fingerprint density at radius 3 is 1.53 bits per heavy atom. The molecular weight excluding hydrogens is 731 g/mol. The zero-order chi connectivity index (χ0) is 39.6. The van der Waals surface area contributed by atoms with Crippen molar-refractivity contribution in [2.24, 2.45) is 0 Å². The lowest BCUT2D eigenvalue weighted by Crippen LogP contribution is -2.03. The van der Waals surface area contributed by atoms with Gasteiger partial charge in [0.2, 0.25) is 0 Å². The first kappa shape index (κ1) is 33.9. The van der Waals surface area contributed by atoms with Crippen LogP contribution in [0, 0.1) is 0 Å². The third-order valence-corrected chi connectivity index (χ3v) is 11.8. The molecule has 3 heterocycles. The van der Waals surface area contributed by atoms with Gasteiger partial charge >= 0.3 is 0 Å². The topological polar surface area (TPSA) is 48.5 Å². The predicted octanol–water partition coefficient (Wildman–Crippen LogP) is 13.9. The molecule has 0 unspecified atom stereocenters. The first-order valence-corrected chi connectivity index (χ1v) is 20.3. The Hall–Kier alpha value is -8.15. The molecule has 5 nitrogen and oxygen atoms in total. The average Bonchev–Trinajstić information content (AvgIpc) is 3.85. The molecule has 0 aliphatic heterocycles. The molecule has 280 valence electrons. The molecule has 0 spiro atoms. The van der Waals surface area contributed by atoms with Crippen molar-refractivity contribution in [3.63, 3.8) is 0 Å². The van der Waals surface area contributed by atoms with Crippen LogP contribution in [0.1, 0.15) is 0 Å². The van der Waals surface area contributed by atoms with Crippen molar-refractivity contribution in [1.82, 2.24) is 24.1 Å². The number of para-hydroxylation sites is 4. The molecule has 0 aliphatic rings. The molecule has 0 amide bonds. The van der Waals surface area contributed by atoms with Crippen LogP contribution in [0.5, 0.6) is 0 Å². The fourth-order valence-electron chi connectivity index (χ4n) is 9.03. The normalized spacial score (nSPS) is 11.7. The van der Waals surface area contributed by atoms with E-state index in [0.29, 0.717) is 17.5 Å². The number of benzene rings is 9. The summed E-state index contributed by atoms with van der Waals surface area (Å²) in [6, 6.07) is 75.1. The molecule has 0 aliphatic carbocycles. The van der Waals surface area contributed by atoms with Gasteiger partial charge in [0.05, 0.1) is 27.8 Å². The number of aromatic nitrogens is 5. The van der Waals surface area contributed by atoms with Crippen LogP contribution in [0.3, 0.4) is 0 Å². The summed E-state index contributed by atoms with van der Waals surface area (Å²) in [5.41, 5.74) is 11.6. The Morgan fingerprint density at radius 1 is 0.300 bits per heavy atom. The van der Waals surface area contributed by atoms with Gasteiger partial charge in [-0.3, -0.25) is 0 Å². The van der Waals surface area contributed by atoms with Crippen molar-refractivity contribution in [2.75, 3.05) is 0 Å². The van der Waals surface area contributed by atoms with E-state index in [9.17, 15) is 0 Å². The van der Waals surface area contributed by atoms with E-state index in [1.54, 1.807) is 0 Å². The van der Waals surface area contributed by atoms with Gasteiger partial charge in [0.25, 0.3) is 0 Å². The minimum Gasteiger partial charge on any atom is -0.307 e. The van der Waals surface area contributed by atoms with Crippen molar-refractivity contribution < 1.29 is 0 Å². The molecule has 0 saturated carbocycles. The van der Waals surface area contributed by atoms with Gasteiger partial charge < -0.3 is 9.13 Å². The molecule has 5 heteroatoms. The van der Waals surface area contributed by atoms with Crippen molar-refractivity contribution in [2.45, 2.75) is 0 Å². The highest BCUT2D eigenvalue weighted by molar-refractivity contribution is 6.15. The van der Waals surface area contributed by atoms with Crippen molar-refractivity contribution in [3.05, 3.63) is 212 Å². The molecule has 9 aromatic carbocycles. The van der Waals surface area contributed by atoms with Gasteiger partial charge in [-0.2, -0.15) is 0 Å². The van der Waals surface area contributed by atoms with E-state index in [2.05, 4.69) is 203 Å². The second kappa shape index (κ2) is 13.8. The lowest BCUT2D eigenvalue weighted by molar-refractivity contribution is 1.07. The van der Waals surface area contributed by atoms with E-state index in [0.717, 1.165) is 55.6 Å². The summed E-state index contributed by atoms with van der Waals surface area (Å²) >= 11 is 0. The number of rotatable bonds is 6. The third kappa shape index (κ3) is 5.44. The smallest absolute Gasteiger partial charge is 0.164 e. The zero-order valence-electron chi connectivity index (χ0n) is 32.4. The summed E-state index contributed by atoms with van der Waals surface area (Å²) in [6.45, 7) is 0. The summed E-state index contributed by atoms with van der Waals surface area (Å²) in [6.07, 6.45) is 0. The fourth-order valence-corrected chi connectivity index (χ4v) is 9.03. The Balaban J connectivity index is 1.16. The lowest BCUT2D eigenvalue weighted by atomic mass is 9.98. The highest BCUT2D eigenvalue weighted by atomic mass is 15.1. The van der Waals surface area contributed by atoms with Gasteiger partial charge in [-0.15, -0.1) is 0 Å². The van der Waals surface area contributed by atoms with E-state index in [1.807, 2.05) is 18.2 Å². The van der Waals surface area contributed by atoms with Crippen molar-refractivity contribution in [3.8, 4) is 56.7 Å². The van der Waals surface area contributed by atoms with Crippen molar-refractivity contribution >= 4 is 54.4 Å². The molecule has 0 saturated heterocycles. The Labute approximate surface area is 346 Å². The maximum absolute atomic E-state index is 5.33. The second-order valence-corrected chi connectivity index (χ2v) is 15.2. The summed E-state index contributed by atoms with van der Waals surface area (Å²) in [5, 5.41) is 7.14. The molecule has 12 aromatic rings. The van der Waals surface area contributed by atoms with Gasteiger partial charge in [0.1, 0.15) is 0 Å². The highest BCUT2D eigenvalue weighted by Crippen LogP contribution is 2.41. The summed E-state index contributed by atoms with van der Waals surface area (Å²) in [4.78, 5) is 15.7. The summed E-state index contributed by atoms with van der Waals surface area (Å²) in [5.74, 6) is 1.86. The highest BCUT2D eigenvalue weighted by Gasteiger charge is 2.22. The number of hydrogen-bond donors (Lipinski definition) is 0. The average molecular weight is 766 g/mol. The number of hydrogen-bond acceptors (Lipinski definition) is 3. The molecule has 0 N–H and O–H groups in total. The van der Waals surface area contributed by atoms with E-state index in [1.165, 1.54) is 38.0 Å². The minimum atomic E-state index is 0.608. The summed E-state index contributed by atoms with van der Waals surface area (Å²) < 4.78 is 4.85. The molecule has 3 aromatic heterocycles. The standard InChI is InChI=1S/C55H35N5/c1-3-17-37(18-4-1)42-33-32-41(35-47(42)55-57-53(38-19-5-2-6-20-38)56-54(58-55)40-31-30-36-16-7-8-21-39(36)34-40)59-48-26-12-11-24-45(48)46-25-15-29-51(52(46)59)60-49-27-13-9-22-43(49)44-23-10-14-28-50(44)60/h1-35H. The predicted molar refractivity (Wildman–Crippen MR) is 248 cm³/mol. The largest absolute Gasteiger partial charge is 0.307 e. The van der Waals surface area contributed by atoms with Gasteiger partial charge in [-0.05, 0) is 64.4 Å². The van der Waals surface area contributed by atoms with Crippen LogP contribution in [0.15, 0.2) is 212 Å². The summed E-state index contributed by atoms with van der Waals surface area (Å²) in [7, 11) is 0. The number of nitrogens with zero attached hydrogens (tertiary/aromatic N) is 5. The van der Waals surface area contributed by atoms with Crippen LogP contribution < -0.4 is 0 Å². The monoisotopic (exact) mass is 765 g/mol. The molecule has 0 bridgehead atoms. The van der Waals surface area contributed by atoms with Crippen LogP contribution >= 0.6 is 0 Å². The minimum absolute atomic E-state index is 0.608. The molecular formula is C55H35N5. The lowest BCUT2D eigenvalue weighted by Gasteiger charge is -2.17. The molecule has 0 fully saturated rings. The van der Waals surface area contributed by atoms with Crippen LogP contribution in [0.2, 0.25) is 0 Å². The van der Waals surface area contributed by atoms with Gasteiger partial charge in [-0.25, -0.2) is 15.0 Å². The van der Waals surface area contributed by atoms with E-state index < -0.39 is 0 Å². The zero-order valence-corrected chi connectivity index (χ0v) is 32.4. The quantitative estimate of drug-likeness (QED) is 0.169. The molecule has 0 atom stereocenters. The Bertz CT molecular complexity index is 3550. The Kier molecular flexibility index (Phi) is 7.78. The van der Waals surface area contributed by atoms with Gasteiger partial charge in [0, 0.05) is 43.9 Å². The van der Waals surface area contributed by atoms with Crippen LogP contribution in [-0.4, -0.2) is 24.1 Å². The second-order valence-electron chi connectivity index (χ2n) is 15.2. The van der Waals surface area contributed by atoms with E-state index >= 15 is 0 Å². The van der Waals surface area contributed by atoms with Crippen LogP contribution in [-0.2, 0) is 0 Å². The molecule has 0 radical (unpaired) electrons. The van der Waals surface area contributed by atoms with E-state index in [-0.39, 0.29) is 0 Å². The van der Waals surface area contributed by atoms with Crippen LogP contribution in [0.4, 0.5) is 0 Å². The third-order valence-electron chi connectivity index (χ3n) is 11.8. The van der Waals surface area contributed by atoms with E-state index in [4.69, 9.17) is 15.0 Å².